The van der Waals surface area contributed by atoms with Crippen LogP contribution in [0.15, 0.2) is 48.5 Å². The Balaban J connectivity index is 1.52. The fourth-order valence-electron chi connectivity index (χ4n) is 4.64. The Morgan fingerprint density at radius 2 is 1.75 bits per heavy atom. The monoisotopic (exact) mass is 465 g/mol. The summed E-state index contributed by atoms with van der Waals surface area (Å²) in [6.45, 7) is 0.191. The predicted octanol–water partition coefficient (Wildman–Crippen LogP) is 3.90. The Hall–Kier alpha value is -2.58. The number of alkyl halides is 3. The molecule has 32 heavy (non-hydrogen) atoms. The lowest BCUT2D eigenvalue weighted by molar-refractivity contribution is -0.138. The summed E-state index contributed by atoms with van der Waals surface area (Å²) in [6.07, 6.45) is -3.47. The predicted molar refractivity (Wildman–Crippen MR) is 116 cm³/mol. The van der Waals surface area contributed by atoms with Crippen LogP contribution in [0.1, 0.15) is 24.0 Å². The van der Waals surface area contributed by atoms with Gasteiger partial charge in [-0.1, -0.05) is 48.0 Å². The van der Waals surface area contributed by atoms with Crippen molar-refractivity contribution in [3.63, 3.8) is 0 Å². The molecule has 1 N–H and O–H groups in total. The highest BCUT2D eigenvalue weighted by Gasteiger charge is 2.53. The summed E-state index contributed by atoms with van der Waals surface area (Å²) in [4.78, 5) is 29.3. The Labute approximate surface area is 189 Å². The molecule has 1 fully saturated rings. The smallest absolute Gasteiger partial charge is 0.345 e. The normalized spacial score (nSPS) is 18.1. The first-order valence-corrected chi connectivity index (χ1v) is 10.8. The molecule has 0 radical (unpaired) electrons. The van der Waals surface area contributed by atoms with Crippen molar-refractivity contribution in [3.8, 4) is 0 Å². The first-order chi connectivity index (χ1) is 15.2. The number of hydrogen-bond donors (Lipinski definition) is 1. The van der Waals surface area contributed by atoms with Gasteiger partial charge in [0.2, 0.25) is 11.8 Å². The second-order valence-corrected chi connectivity index (χ2v) is 8.67. The van der Waals surface area contributed by atoms with E-state index in [1.165, 1.54) is 10.5 Å². The molecular formula is C23H23ClF3N3O2. The van der Waals surface area contributed by atoms with Crippen LogP contribution in [0.4, 0.5) is 18.9 Å². The molecule has 1 spiro atoms. The van der Waals surface area contributed by atoms with E-state index in [0.717, 1.165) is 6.54 Å². The highest BCUT2D eigenvalue weighted by Crippen LogP contribution is 2.50. The average Bonchev–Trinajstić information content (AvgIpc) is 2.98. The first-order valence-electron chi connectivity index (χ1n) is 10.4. The molecule has 5 nitrogen and oxygen atoms in total. The third-order valence-corrected chi connectivity index (χ3v) is 6.48. The van der Waals surface area contributed by atoms with Crippen LogP contribution in [0.25, 0.3) is 0 Å². The van der Waals surface area contributed by atoms with E-state index < -0.39 is 30.6 Å². The Morgan fingerprint density at radius 3 is 2.41 bits per heavy atom. The van der Waals surface area contributed by atoms with Crippen LogP contribution >= 0.6 is 11.6 Å². The second kappa shape index (κ2) is 8.75. The molecule has 170 valence electrons. The Bertz CT molecular complexity index is 1010. The molecule has 2 aromatic carbocycles. The summed E-state index contributed by atoms with van der Waals surface area (Å²) in [7, 11) is 0. The quantitative estimate of drug-likeness (QED) is 0.728. The van der Waals surface area contributed by atoms with Gasteiger partial charge in [0.25, 0.3) is 0 Å². The third-order valence-electron chi connectivity index (χ3n) is 6.16. The van der Waals surface area contributed by atoms with Crippen LogP contribution in [0.5, 0.6) is 0 Å². The number of hydrogen-bond acceptors (Lipinski definition) is 3. The molecule has 0 saturated carbocycles. The summed E-state index contributed by atoms with van der Waals surface area (Å²) in [6, 6.07) is 15.1. The van der Waals surface area contributed by atoms with Crippen molar-refractivity contribution in [2.75, 3.05) is 31.1 Å². The maximum absolute atomic E-state index is 13.5. The van der Waals surface area contributed by atoms with E-state index in [2.05, 4.69) is 17.0 Å². The number of nitrogens with zero attached hydrogens (tertiary/aromatic N) is 2. The van der Waals surface area contributed by atoms with E-state index in [1.54, 1.807) is 18.2 Å². The Kier molecular flexibility index (Phi) is 6.18. The molecule has 0 aliphatic carbocycles. The van der Waals surface area contributed by atoms with E-state index in [9.17, 15) is 22.8 Å². The zero-order valence-corrected chi connectivity index (χ0v) is 18.0. The van der Waals surface area contributed by atoms with Crippen LogP contribution < -0.4 is 10.2 Å². The maximum Gasteiger partial charge on any atom is 0.405 e. The van der Waals surface area contributed by atoms with Gasteiger partial charge >= 0.3 is 6.18 Å². The number of benzene rings is 2. The molecule has 1 saturated heterocycles. The zero-order valence-electron chi connectivity index (χ0n) is 17.3. The molecule has 2 amide bonds. The fraction of sp³-hybridized carbons (Fsp3) is 0.391. The van der Waals surface area contributed by atoms with Crippen LogP contribution in [0.2, 0.25) is 5.02 Å². The number of amides is 2. The maximum atomic E-state index is 13.5. The largest absolute Gasteiger partial charge is 0.405 e. The van der Waals surface area contributed by atoms with Crippen molar-refractivity contribution in [1.82, 2.24) is 10.2 Å². The summed E-state index contributed by atoms with van der Waals surface area (Å²) >= 11 is 6.51. The SMILES string of the molecule is O=C(CN1C(=O)C2(CCN(Cc3ccccc3)CC2)c2c(Cl)cccc21)NCC(F)(F)F. The number of carbonyl (C=O) groups is 2. The summed E-state index contributed by atoms with van der Waals surface area (Å²) < 4.78 is 37.4. The van der Waals surface area contributed by atoms with Gasteiger partial charge in [0, 0.05) is 17.1 Å². The number of likely N-dealkylation sites (tertiary alicyclic amines) is 1. The highest BCUT2D eigenvalue weighted by molar-refractivity contribution is 6.33. The lowest BCUT2D eigenvalue weighted by Crippen LogP contribution is -2.50. The van der Waals surface area contributed by atoms with Crippen molar-refractivity contribution >= 4 is 29.1 Å². The van der Waals surface area contributed by atoms with E-state index in [0.29, 0.717) is 42.2 Å². The average molecular weight is 466 g/mol. The molecule has 2 aromatic rings. The minimum Gasteiger partial charge on any atom is -0.345 e. The molecule has 9 heteroatoms. The number of fused-ring (bicyclic) bond motifs is 2. The van der Waals surface area contributed by atoms with Gasteiger partial charge in [-0.15, -0.1) is 0 Å². The topological polar surface area (TPSA) is 52.7 Å². The number of halogens is 4. The third kappa shape index (κ3) is 4.47. The van der Waals surface area contributed by atoms with Crippen LogP contribution in [0, 0.1) is 0 Å². The summed E-state index contributed by atoms with van der Waals surface area (Å²) in [5, 5.41) is 2.28. The molecule has 2 aliphatic heterocycles. The molecule has 0 aromatic heterocycles. The molecule has 4 rings (SSSR count). The van der Waals surface area contributed by atoms with Crippen molar-refractivity contribution in [1.29, 1.82) is 0 Å². The molecule has 2 heterocycles. The van der Waals surface area contributed by atoms with E-state index in [4.69, 9.17) is 11.6 Å². The Morgan fingerprint density at radius 1 is 1.06 bits per heavy atom. The van der Waals surface area contributed by atoms with Crippen LogP contribution in [0.3, 0.4) is 0 Å². The number of rotatable bonds is 5. The highest BCUT2D eigenvalue weighted by atomic mass is 35.5. The van der Waals surface area contributed by atoms with E-state index >= 15 is 0 Å². The van der Waals surface area contributed by atoms with Gasteiger partial charge in [-0.05, 0) is 43.6 Å². The van der Waals surface area contributed by atoms with Crippen molar-refractivity contribution in [3.05, 3.63) is 64.7 Å². The van der Waals surface area contributed by atoms with E-state index in [-0.39, 0.29) is 5.91 Å². The van der Waals surface area contributed by atoms with Crippen molar-refractivity contribution in [2.24, 2.45) is 0 Å². The lowest BCUT2D eigenvalue weighted by atomic mass is 9.73. The van der Waals surface area contributed by atoms with Gasteiger partial charge < -0.3 is 10.2 Å². The summed E-state index contributed by atoms with van der Waals surface area (Å²) in [5.74, 6) is -1.14. The van der Waals surface area contributed by atoms with Crippen molar-refractivity contribution < 1.29 is 22.8 Å². The van der Waals surface area contributed by atoms with Gasteiger partial charge in [-0.25, -0.2) is 0 Å². The van der Waals surface area contributed by atoms with E-state index in [1.807, 2.05) is 23.5 Å². The number of anilines is 1. The van der Waals surface area contributed by atoms with Gasteiger partial charge in [-0.3, -0.25) is 14.5 Å². The van der Waals surface area contributed by atoms with Crippen LogP contribution in [-0.4, -0.2) is 49.1 Å². The second-order valence-electron chi connectivity index (χ2n) is 8.26. The van der Waals surface area contributed by atoms with Gasteiger partial charge in [0.1, 0.15) is 13.1 Å². The zero-order chi connectivity index (χ0) is 22.9. The van der Waals surface area contributed by atoms with Gasteiger partial charge in [0.05, 0.1) is 11.1 Å². The van der Waals surface area contributed by atoms with Crippen LogP contribution in [-0.2, 0) is 21.5 Å². The van der Waals surface area contributed by atoms with Gasteiger partial charge in [0.15, 0.2) is 0 Å². The minimum atomic E-state index is -4.52. The van der Waals surface area contributed by atoms with Gasteiger partial charge in [-0.2, -0.15) is 13.2 Å². The fourth-order valence-corrected chi connectivity index (χ4v) is 4.99. The molecule has 0 atom stereocenters. The number of carbonyl (C=O) groups excluding carboxylic acids is 2. The molecule has 2 aliphatic rings. The molecule has 0 unspecified atom stereocenters. The molecule has 0 bridgehead atoms. The standard InChI is InChI=1S/C23H23ClF3N3O2/c24-17-7-4-8-18-20(17)22(21(32)30(18)14-19(31)28-15-23(25,26)27)9-11-29(12-10-22)13-16-5-2-1-3-6-16/h1-8H,9-15H2,(H,28,31). The first kappa shape index (κ1) is 22.6. The molecular weight excluding hydrogens is 443 g/mol. The number of piperidine rings is 1. The number of nitrogens with one attached hydrogen (secondary N) is 1. The minimum absolute atomic E-state index is 0.276. The summed E-state index contributed by atoms with van der Waals surface area (Å²) in [5.41, 5.74) is 1.49. The lowest BCUT2D eigenvalue weighted by Gasteiger charge is -2.38. The van der Waals surface area contributed by atoms with Crippen molar-refractivity contribution in [2.45, 2.75) is 31.0 Å².